The van der Waals surface area contributed by atoms with Gasteiger partial charge < -0.3 is 47.5 Å². The van der Waals surface area contributed by atoms with E-state index in [1.54, 1.807) is 0 Å². The van der Waals surface area contributed by atoms with Crippen LogP contribution in [0.25, 0.3) is 0 Å². The van der Waals surface area contributed by atoms with Gasteiger partial charge in [0, 0.05) is 13.2 Å². The van der Waals surface area contributed by atoms with Crippen LogP contribution in [0.1, 0.15) is 279 Å². The smallest absolute Gasteiger partial charge is 0.311 e. The number of hydrogen-bond acceptors (Lipinski definition) is 13. The summed E-state index contributed by atoms with van der Waals surface area (Å²) in [4.78, 5) is 41.2. The molecule has 1 atom stereocenters. The molecule has 1 heterocycles. The molecule has 80 heavy (non-hydrogen) atoms. The quantitative estimate of drug-likeness (QED) is 0.0325. The molecule has 0 aromatic heterocycles. The summed E-state index contributed by atoms with van der Waals surface area (Å²) in [5, 5.41) is 0. The zero-order valence-electron chi connectivity index (χ0n) is 53.3. The maximum Gasteiger partial charge on any atom is 0.311 e. The van der Waals surface area contributed by atoms with Crippen LogP contribution in [-0.4, -0.2) is 142 Å². The van der Waals surface area contributed by atoms with Crippen LogP contribution >= 0.6 is 0 Å². The van der Waals surface area contributed by atoms with Gasteiger partial charge in [-0.3, -0.25) is 14.4 Å². The lowest BCUT2D eigenvalue weighted by atomic mass is 9.80. The highest BCUT2D eigenvalue weighted by Crippen LogP contribution is 2.32. The fourth-order valence-corrected chi connectivity index (χ4v) is 10.4. The summed E-state index contributed by atoms with van der Waals surface area (Å²) in [6.07, 6.45) is 42.9. The molecule has 1 fully saturated rings. The standard InChI is InChI=1S/C67H129NO12/c1-7-11-15-19-23-31-39-61(40-32-24-20-16-12-8-2)64(69)78-49-37-28-27-35-47-75-59-63(60-76-56-55-73-52-51-72-53-54-74-57-58-80-66(71)67(5)43-45-68(6)46-44-67)77-48-36-29-30-38-50-79-65(70)62(41-33-25-21-17-13-9-3)42-34-26-22-18-14-10-4/h61-63H,7-60H2,1-6H3. The number of unbranched alkanes of at least 4 members (excludes halogenated alkanes) is 26. The van der Waals surface area contributed by atoms with Crippen molar-refractivity contribution in [1.29, 1.82) is 0 Å². The van der Waals surface area contributed by atoms with Crippen LogP contribution < -0.4 is 0 Å². The number of piperidine rings is 1. The summed E-state index contributed by atoms with van der Waals surface area (Å²) in [7, 11) is 2.08. The molecule has 0 aromatic carbocycles. The molecular formula is C67H129NO12. The van der Waals surface area contributed by atoms with Gasteiger partial charge in [-0.2, -0.15) is 0 Å². The van der Waals surface area contributed by atoms with E-state index >= 15 is 0 Å². The molecule has 0 amide bonds. The topological polar surface area (TPSA) is 138 Å². The molecule has 0 N–H and O–H groups in total. The number of carbonyl (C=O) groups excluding carboxylic acids is 3. The Bertz CT molecular complexity index is 1310. The number of ether oxygens (including phenoxy) is 9. The average molecular weight is 1140 g/mol. The minimum Gasteiger partial charge on any atom is -0.465 e. The minimum atomic E-state index is -0.400. The zero-order chi connectivity index (χ0) is 58.1. The molecule has 1 rings (SSSR count). The van der Waals surface area contributed by atoms with Crippen LogP contribution in [0.4, 0.5) is 0 Å². The summed E-state index contributed by atoms with van der Waals surface area (Å²) >= 11 is 0. The summed E-state index contributed by atoms with van der Waals surface area (Å²) in [5.74, 6) is 0.00688. The Labute approximate surface area is 492 Å². The third-order valence-corrected chi connectivity index (χ3v) is 16.1. The molecule has 1 saturated heterocycles. The van der Waals surface area contributed by atoms with E-state index in [0.717, 1.165) is 129 Å². The molecule has 1 aliphatic heterocycles. The maximum atomic E-state index is 13.2. The number of hydrogen-bond donors (Lipinski definition) is 0. The third-order valence-electron chi connectivity index (χ3n) is 16.1. The second-order valence-electron chi connectivity index (χ2n) is 23.8. The molecule has 474 valence electrons. The Hall–Kier alpha value is -1.87. The molecule has 0 spiro atoms. The summed E-state index contributed by atoms with van der Waals surface area (Å²) in [6, 6.07) is 0. The maximum absolute atomic E-state index is 13.2. The van der Waals surface area contributed by atoms with Crippen molar-refractivity contribution >= 4 is 17.9 Å². The molecule has 13 nitrogen and oxygen atoms in total. The highest BCUT2D eigenvalue weighted by Gasteiger charge is 2.37. The van der Waals surface area contributed by atoms with Crippen molar-refractivity contribution in [1.82, 2.24) is 4.90 Å². The van der Waals surface area contributed by atoms with E-state index in [1.807, 2.05) is 6.92 Å². The first-order valence-corrected chi connectivity index (χ1v) is 33.9. The minimum absolute atomic E-state index is 0.0192. The summed E-state index contributed by atoms with van der Waals surface area (Å²) in [5.41, 5.74) is -0.400. The molecule has 0 bridgehead atoms. The van der Waals surface area contributed by atoms with Crippen LogP contribution in [0.3, 0.4) is 0 Å². The first-order chi connectivity index (χ1) is 39.2. The highest BCUT2D eigenvalue weighted by atomic mass is 16.6. The SMILES string of the molecule is CCCCCCCCC(CCCCCCCC)C(=O)OCCCCCCOCC(COCCOCCOCCOCCOC(=O)C1(C)CCN(C)CC1)OCCCCCCOC(=O)C(CCCCCCCC)CCCCCCCC. The Balaban J connectivity index is 2.45. The molecule has 0 radical (unpaired) electrons. The van der Waals surface area contributed by atoms with Crippen molar-refractivity contribution in [2.45, 2.75) is 285 Å². The number of nitrogens with zero attached hydrogens (tertiary/aromatic N) is 1. The Morgan fingerprint density at radius 2 is 0.675 bits per heavy atom. The summed E-state index contributed by atoms with van der Waals surface area (Å²) in [6.45, 7) is 19.3. The number of esters is 3. The Morgan fingerprint density at radius 1 is 0.362 bits per heavy atom. The van der Waals surface area contributed by atoms with Gasteiger partial charge in [-0.05, 0) is 104 Å². The fraction of sp³-hybridized carbons (Fsp3) is 0.955. The van der Waals surface area contributed by atoms with E-state index in [-0.39, 0.29) is 42.5 Å². The molecule has 1 aliphatic rings. The predicted octanol–water partition coefficient (Wildman–Crippen LogP) is 16.2. The monoisotopic (exact) mass is 1140 g/mol. The lowest BCUT2D eigenvalue weighted by molar-refractivity contribution is -0.159. The van der Waals surface area contributed by atoms with E-state index in [0.29, 0.717) is 85.9 Å². The number of rotatable bonds is 62. The van der Waals surface area contributed by atoms with Gasteiger partial charge in [0.25, 0.3) is 0 Å². The second kappa shape index (κ2) is 57.6. The van der Waals surface area contributed by atoms with Crippen LogP contribution in [0.5, 0.6) is 0 Å². The van der Waals surface area contributed by atoms with Crippen molar-refractivity contribution in [3.63, 3.8) is 0 Å². The van der Waals surface area contributed by atoms with Crippen molar-refractivity contribution in [3.05, 3.63) is 0 Å². The van der Waals surface area contributed by atoms with Crippen molar-refractivity contribution in [2.24, 2.45) is 17.3 Å². The van der Waals surface area contributed by atoms with Gasteiger partial charge in [0.05, 0.1) is 89.9 Å². The number of carbonyl (C=O) groups is 3. The Morgan fingerprint density at radius 3 is 1.07 bits per heavy atom. The van der Waals surface area contributed by atoms with Crippen molar-refractivity contribution < 1.29 is 57.0 Å². The van der Waals surface area contributed by atoms with Crippen LogP contribution in [0, 0.1) is 17.3 Å². The average Bonchev–Trinajstić information content (AvgIpc) is 3.46. The molecule has 0 saturated carbocycles. The number of likely N-dealkylation sites (tertiary alicyclic amines) is 1. The zero-order valence-corrected chi connectivity index (χ0v) is 53.3. The second-order valence-corrected chi connectivity index (χ2v) is 23.8. The lowest BCUT2D eigenvalue weighted by Gasteiger charge is -2.35. The van der Waals surface area contributed by atoms with Gasteiger partial charge in [0.1, 0.15) is 12.7 Å². The molecule has 0 aromatic rings. The first-order valence-electron chi connectivity index (χ1n) is 33.9. The molecule has 13 heteroatoms. The van der Waals surface area contributed by atoms with Gasteiger partial charge >= 0.3 is 17.9 Å². The van der Waals surface area contributed by atoms with E-state index in [1.165, 1.54) is 128 Å². The normalized spacial score (nSPS) is 14.1. The van der Waals surface area contributed by atoms with Crippen molar-refractivity contribution in [3.8, 4) is 0 Å². The fourth-order valence-electron chi connectivity index (χ4n) is 10.4. The largest absolute Gasteiger partial charge is 0.465 e. The Kier molecular flexibility index (Phi) is 54.8. The lowest BCUT2D eigenvalue weighted by Crippen LogP contribution is -2.42. The molecule has 0 aliphatic carbocycles. The van der Waals surface area contributed by atoms with Gasteiger partial charge in [-0.15, -0.1) is 0 Å². The van der Waals surface area contributed by atoms with E-state index in [2.05, 4.69) is 39.6 Å². The van der Waals surface area contributed by atoms with Gasteiger partial charge in [0.15, 0.2) is 0 Å². The van der Waals surface area contributed by atoms with E-state index in [9.17, 15) is 14.4 Å². The molecular weight excluding hydrogens is 1010 g/mol. The summed E-state index contributed by atoms with van der Waals surface area (Å²) < 4.78 is 52.7. The van der Waals surface area contributed by atoms with Crippen LogP contribution in [-0.2, 0) is 57.0 Å². The van der Waals surface area contributed by atoms with E-state index in [4.69, 9.17) is 42.6 Å². The van der Waals surface area contributed by atoms with Crippen LogP contribution in [0.2, 0.25) is 0 Å². The van der Waals surface area contributed by atoms with Crippen molar-refractivity contribution in [2.75, 3.05) is 113 Å². The third kappa shape index (κ3) is 46.5. The first kappa shape index (κ1) is 76.1. The van der Waals surface area contributed by atoms with Gasteiger partial charge in [-0.25, -0.2) is 0 Å². The predicted molar refractivity (Wildman–Crippen MR) is 327 cm³/mol. The van der Waals surface area contributed by atoms with Gasteiger partial charge in [0.2, 0.25) is 0 Å². The van der Waals surface area contributed by atoms with E-state index < -0.39 is 5.41 Å². The highest BCUT2D eigenvalue weighted by molar-refractivity contribution is 5.76. The van der Waals surface area contributed by atoms with Gasteiger partial charge in [-0.1, -0.05) is 195 Å². The van der Waals surface area contributed by atoms with Crippen LogP contribution in [0.15, 0.2) is 0 Å². The molecule has 1 unspecified atom stereocenters.